The van der Waals surface area contributed by atoms with Crippen LogP contribution in [0.2, 0.25) is 0 Å². The number of hydrogen-bond donors (Lipinski definition) is 1. The van der Waals surface area contributed by atoms with E-state index in [4.69, 9.17) is 0 Å². The minimum atomic E-state index is -0.191. The van der Waals surface area contributed by atoms with E-state index in [1.807, 2.05) is 11.2 Å². The second-order valence-electron chi connectivity index (χ2n) is 8.15. The van der Waals surface area contributed by atoms with Gasteiger partial charge in [-0.3, -0.25) is 9.59 Å². The lowest BCUT2D eigenvalue weighted by atomic mass is 10.1. The smallest absolute Gasteiger partial charge is 0.225 e. The maximum Gasteiger partial charge on any atom is 0.225 e. The van der Waals surface area contributed by atoms with Crippen LogP contribution in [0.3, 0.4) is 0 Å². The van der Waals surface area contributed by atoms with Gasteiger partial charge in [0, 0.05) is 39.0 Å². The van der Waals surface area contributed by atoms with Crippen LogP contribution in [0.25, 0.3) is 0 Å². The zero-order valence-electron chi connectivity index (χ0n) is 16.6. The molecule has 1 aromatic heterocycles. The summed E-state index contributed by atoms with van der Waals surface area (Å²) in [5.74, 6) is 2.13. The number of rotatable bonds is 10. The summed E-state index contributed by atoms with van der Waals surface area (Å²) in [6.45, 7) is 7.31. The number of thioether (sulfide) groups is 1. The third-order valence-corrected chi connectivity index (χ3v) is 5.83. The Hall–Kier alpha value is -1.57. The molecule has 0 bridgehead atoms. The molecule has 2 amide bonds. The van der Waals surface area contributed by atoms with Gasteiger partial charge in [-0.2, -0.15) is 0 Å². The first-order valence-electron chi connectivity index (χ1n) is 9.99. The fourth-order valence-corrected chi connectivity index (χ4v) is 4.06. The molecule has 1 atom stereocenters. The fraction of sp³-hybridized carbons (Fsp3) is 0.789. The average Bonchev–Trinajstić information content (AvgIpc) is 3.26. The van der Waals surface area contributed by atoms with Crippen molar-refractivity contribution >= 4 is 23.6 Å². The number of nitrogens with zero attached hydrogens (tertiary/aromatic N) is 4. The van der Waals surface area contributed by atoms with E-state index in [1.54, 1.807) is 11.8 Å². The first kappa shape index (κ1) is 20.2. The van der Waals surface area contributed by atoms with Crippen molar-refractivity contribution in [2.75, 3.05) is 25.9 Å². The summed E-state index contributed by atoms with van der Waals surface area (Å²) in [5.41, 5.74) is 0. The Kier molecular flexibility index (Phi) is 6.78. The summed E-state index contributed by atoms with van der Waals surface area (Å²) in [5, 5.41) is 12.5. The quantitative estimate of drug-likeness (QED) is 0.486. The van der Waals surface area contributed by atoms with E-state index in [0.29, 0.717) is 31.3 Å². The predicted octanol–water partition coefficient (Wildman–Crippen LogP) is 1.96. The van der Waals surface area contributed by atoms with Gasteiger partial charge in [0.1, 0.15) is 5.82 Å². The lowest BCUT2D eigenvalue weighted by molar-refractivity contribution is -0.129. The molecule has 0 aromatic carbocycles. The molecule has 27 heavy (non-hydrogen) atoms. The Morgan fingerprint density at radius 2 is 2.11 bits per heavy atom. The van der Waals surface area contributed by atoms with Crippen molar-refractivity contribution in [2.24, 2.45) is 17.8 Å². The fourth-order valence-electron chi connectivity index (χ4n) is 3.54. The summed E-state index contributed by atoms with van der Waals surface area (Å²) < 4.78 is 2.18. The number of nitrogens with one attached hydrogen (secondary N) is 1. The number of aromatic nitrogens is 3. The van der Waals surface area contributed by atoms with Crippen LogP contribution in [0.15, 0.2) is 5.16 Å². The molecule has 1 saturated heterocycles. The van der Waals surface area contributed by atoms with Crippen LogP contribution in [0, 0.1) is 17.8 Å². The molecule has 0 spiro atoms. The maximum atomic E-state index is 12.4. The van der Waals surface area contributed by atoms with E-state index in [1.165, 1.54) is 12.8 Å². The number of carbonyl (C=O) groups is 2. The molecule has 0 radical (unpaired) electrons. The molecule has 2 fully saturated rings. The minimum absolute atomic E-state index is 0.00935. The van der Waals surface area contributed by atoms with Gasteiger partial charge in [0.05, 0.1) is 5.92 Å². The van der Waals surface area contributed by atoms with E-state index in [-0.39, 0.29) is 17.7 Å². The lowest BCUT2D eigenvalue weighted by Crippen LogP contribution is -2.34. The second-order valence-corrected chi connectivity index (χ2v) is 8.92. The maximum absolute atomic E-state index is 12.4. The van der Waals surface area contributed by atoms with Gasteiger partial charge in [-0.1, -0.05) is 25.6 Å². The minimum Gasteiger partial charge on any atom is -0.356 e. The molecule has 1 N–H and O–H groups in total. The molecule has 2 aliphatic rings. The van der Waals surface area contributed by atoms with Crippen LogP contribution in [0.4, 0.5) is 0 Å². The van der Waals surface area contributed by atoms with E-state index < -0.39 is 0 Å². The second kappa shape index (κ2) is 9.08. The molecule has 3 rings (SSSR count). The van der Waals surface area contributed by atoms with Crippen molar-refractivity contribution in [2.45, 2.75) is 57.7 Å². The van der Waals surface area contributed by atoms with Crippen molar-refractivity contribution in [3.05, 3.63) is 5.82 Å². The average molecular weight is 394 g/mol. The first-order valence-corrected chi connectivity index (χ1v) is 11.2. The molecule has 1 aromatic rings. The normalized spacial score (nSPS) is 19.9. The molecule has 1 aliphatic heterocycles. The molecule has 8 heteroatoms. The zero-order chi connectivity index (χ0) is 19.4. The van der Waals surface area contributed by atoms with E-state index in [2.05, 4.69) is 33.9 Å². The topological polar surface area (TPSA) is 80.1 Å². The molecule has 2 heterocycles. The van der Waals surface area contributed by atoms with Crippen molar-refractivity contribution in [1.29, 1.82) is 0 Å². The monoisotopic (exact) mass is 393 g/mol. The number of aryl methyl sites for hydroxylation is 1. The number of amides is 2. The van der Waals surface area contributed by atoms with Crippen molar-refractivity contribution in [3.63, 3.8) is 0 Å². The van der Waals surface area contributed by atoms with Crippen LogP contribution < -0.4 is 5.32 Å². The van der Waals surface area contributed by atoms with E-state index >= 15 is 0 Å². The highest BCUT2D eigenvalue weighted by molar-refractivity contribution is 7.98. The Balaban J connectivity index is 1.42. The molecule has 1 saturated carbocycles. The molecular formula is C19H31N5O2S. The van der Waals surface area contributed by atoms with Gasteiger partial charge in [-0.05, 0) is 37.4 Å². The van der Waals surface area contributed by atoms with Crippen LogP contribution in [-0.2, 0) is 22.6 Å². The third-order valence-electron chi connectivity index (χ3n) is 5.16. The van der Waals surface area contributed by atoms with Crippen LogP contribution in [0.1, 0.15) is 45.4 Å². The molecule has 150 valence electrons. The van der Waals surface area contributed by atoms with Crippen molar-refractivity contribution in [3.8, 4) is 0 Å². The molecule has 1 aliphatic carbocycles. The number of hydrogen-bond acceptors (Lipinski definition) is 5. The Labute approximate surface area is 165 Å². The first-order chi connectivity index (χ1) is 13.0. The van der Waals surface area contributed by atoms with Crippen molar-refractivity contribution in [1.82, 2.24) is 25.0 Å². The zero-order valence-corrected chi connectivity index (χ0v) is 17.4. The van der Waals surface area contributed by atoms with Gasteiger partial charge in [-0.15, -0.1) is 10.2 Å². The van der Waals surface area contributed by atoms with Crippen LogP contribution in [-0.4, -0.2) is 57.4 Å². The lowest BCUT2D eigenvalue weighted by Gasteiger charge is -2.16. The molecule has 1 unspecified atom stereocenters. The van der Waals surface area contributed by atoms with Crippen molar-refractivity contribution < 1.29 is 9.59 Å². The highest BCUT2D eigenvalue weighted by Gasteiger charge is 2.36. The van der Waals surface area contributed by atoms with Gasteiger partial charge in [0.2, 0.25) is 11.8 Å². The predicted molar refractivity (Wildman–Crippen MR) is 105 cm³/mol. The summed E-state index contributed by atoms with van der Waals surface area (Å²) in [7, 11) is 0. The summed E-state index contributed by atoms with van der Waals surface area (Å²) in [6.07, 6.45) is 6.43. The Morgan fingerprint density at radius 3 is 2.78 bits per heavy atom. The number of likely N-dealkylation sites (tertiary alicyclic amines) is 1. The summed E-state index contributed by atoms with van der Waals surface area (Å²) >= 11 is 1.61. The SMILES string of the molecule is CSc1nnc(CCCNC(=O)C2CC(=O)N(CC3CC3)C2)n1CC(C)C. The van der Waals surface area contributed by atoms with Crippen LogP contribution >= 0.6 is 11.8 Å². The van der Waals surface area contributed by atoms with Crippen LogP contribution in [0.5, 0.6) is 0 Å². The van der Waals surface area contributed by atoms with E-state index in [0.717, 1.165) is 36.9 Å². The Bertz CT molecular complexity index is 671. The highest BCUT2D eigenvalue weighted by atomic mass is 32.2. The van der Waals surface area contributed by atoms with E-state index in [9.17, 15) is 9.59 Å². The van der Waals surface area contributed by atoms with Gasteiger partial charge in [0.15, 0.2) is 5.16 Å². The largest absolute Gasteiger partial charge is 0.356 e. The standard InChI is InChI=1S/C19H31N5O2S/c1-13(2)10-24-16(21-22-19(24)27-3)5-4-8-20-18(26)15-9-17(25)23(12-15)11-14-6-7-14/h13-15H,4-12H2,1-3H3,(H,20,26). The molecular weight excluding hydrogens is 362 g/mol. The summed E-state index contributed by atoms with van der Waals surface area (Å²) in [4.78, 5) is 26.3. The van der Waals surface area contributed by atoms with Gasteiger partial charge >= 0.3 is 0 Å². The Morgan fingerprint density at radius 1 is 1.33 bits per heavy atom. The third kappa shape index (κ3) is 5.46. The molecule has 7 nitrogen and oxygen atoms in total. The van der Waals surface area contributed by atoms with Gasteiger partial charge < -0.3 is 14.8 Å². The number of carbonyl (C=O) groups excluding carboxylic acids is 2. The van der Waals surface area contributed by atoms with Gasteiger partial charge in [0.25, 0.3) is 0 Å². The summed E-state index contributed by atoms with van der Waals surface area (Å²) in [6, 6.07) is 0. The highest BCUT2D eigenvalue weighted by Crippen LogP contribution is 2.32. The van der Waals surface area contributed by atoms with Gasteiger partial charge in [-0.25, -0.2) is 0 Å².